The summed E-state index contributed by atoms with van der Waals surface area (Å²) in [6.07, 6.45) is 1.01. The maximum Gasteiger partial charge on any atom is 0.305 e. The third-order valence-corrected chi connectivity index (χ3v) is 2.27. The SMILES string of the molecule is Cl.N[C@H](CCCO)c1ccc(F)c([N+](=O)[O-])c1. The Labute approximate surface area is 104 Å². The first-order valence-electron chi connectivity index (χ1n) is 4.86. The summed E-state index contributed by atoms with van der Waals surface area (Å²) < 4.78 is 13.0. The van der Waals surface area contributed by atoms with E-state index in [1.165, 1.54) is 6.07 Å². The van der Waals surface area contributed by atoms with Gasteiger partial charge in [0.25, 0.3) is 0 Å². The molecule has 0 unspecified atom stereocenters. The first-order chi connectivity index (χ1) is 7.56. The van der Waals surface area contributed by atoms with Crippen molar-refractivity contribution in [2.45, 2.75) is 18.9 Å². The highest BCUT2D eigenvalue weighted by Gasteiger charge is 2.16. The molecule has 3 N–H and O–H groups in total. The molecule has 0 bridgehead atoms. The number of hydrogen-bond donors (Lipinski definition) is 2. The van der Waals surface area contributed by atoms with Crippen LogP contribution in [0.1, 0.15) is 24.4 Å². The van der Waals surface area contributed by atoms with Gasteiger partial charge in [-0.1, -0.05) is 6.07 Å². The van der Waals surface area contributed by atoms with Crippen molar-refractivity contribution >= 4 is 18.1 Å². The number of rotatable bonds is 5. The third kappa shape index (κ3) is 4.26. The highest BCUT2D eigenvalue weighted by molar-refractivity contribution is 5.85. The number of benzene rings is 1. The highest BCUT2D eigenvalue weighted by atomic mass is 35.5. The van der Waals surface area contributed by atoms with Crippen LogP contribution in [0.25, 0.3) is 0 Å². The standard InChI is InChI=1S/C10H13FN2O3.ClH/c11-8-4-3-7(6-10(8)13(15)16)9(12)2-1-5-14;/h3-4,6,9,14H,1-2,5,12H2;1H/t9-;/m1./s1. The molecule has 0 aliphatic rings. The van der Waals surface area contributed by atoms with E-state index in [2.05, 4.69) is 0 Å². The minimum Gasteiger partial charge on any atom is -0.396 e. The molecular weight excluding hydrogens is 251 g/mol. The van der Waals surface area contributed by atoms with Crippen LogP contribution in [0.3, 0.4) is 0 Å². The van der Waals surface area contributed by atoms with Crippen LogP contribution in [0.5, 0.6) is 0 Å². The van der Waals surface area contributed by atoms with Gasteiger partial charge < -0.3 is 10.8 Å². The number of nitrogens with two attached hydrogens (primary N) is 1. The molecule has 0 aliphatic heterocycles. The normalized spacial score (nSPS) is 11.7. The highest BCUT2D eigenvalue weighted by Crippen LogP contribution is 2.23. The Hall–Kier alpha value is -1.24. The molecule has 0 radical (unpaired) electrons. The first kappa shape index (κ1) is 15.8. The number of nitro groups is 1. The Morgan fingerprint density at radius 3 is 2.71 bits per heavy atom. The molecule has 7 heteroatoms. The van der Waals surface area contributed by atoms with Gasteiger partial charge in [0.2, 0.25) is 5.82 Å². The maximum absolute atomic E-state index is 13.0. The van der Waals surface area contributed by atoms with Gasteiger partial charge in [0, 0.05) is 18.7 Å². The lowest BCUT2D eigenvalue weighted by molar-refractivity contribution is -0.387. The Balaban J connectivity index is 0.00000256. The summed E-state index contributed by atoms with van der Waals surface area (Å²) in [6, 6.07) is 3.17. The van der Waals surface area contributed by atoms with E-state index < -0.39 is 22.5 Å². The number of nitro benzene ring substituents is 1. The molecule has 1 aromatic carbocycles. The predicted octanol–water partition coefficient (Wildman–Crippen LogP) is 1.93. The van der Waals surface area contributed by atoms with Crippen molar-refractivity contribution in [1.82, 2.24) is 0 Å². The van der Waals surface area contributed by atoms with E-state index in [4.69, 9.17) is 10.8 Å². The lowest BCUT2D eigenvalue weighted by Gasteiger charge is -2.10. The summed E-state index contributed by atoms with van der Waals surface area (Å²) in [5.41, 5.74) is 5.67. The van der Waals surface area contributed by atoms with Crippen molar-refractivity contribution in [2.24, 2.45) is 5.73 Å². The molecule has 0 saturated heterocycles. The van der Waals surface area contributed by atoms with Crippen LogP contribution in [0.15, 0.2) is 18.2 Å². The molecule has 0 amide bonds. The molecule has 1 aromatic rings. The van der Waals surface area contributed by atoms with E-state index in [1.54, 1.807) is 0 Å². The lowest BCUT2D eigenvalue weighted by atomic mass is 10.0. The Morgan fingerprint density at radius 2 is 2.18 bits per heavy atom. The van der Waals surface area contributed by atoms with E-state index in [9.17, 15) is 14.5 Å². The van der Waals surface area contributed by atoms with Gasteiger partial charge >= 0.3 is 5.69 Å². The van der Waals surface area contributed by atoms with Crippen molar-refractivity contribution in [2.75, 3.05) is 6.61 Å². The smallest absolute Gasteiger partial charge is 0.305 e. The first-order valence-corrected chi connectivity index (χ1v) is 4.86. The zero-order valence-electron chi connectivity index (χ0n) is 9.01. The van der Waals surface area contributed by atoms with Gasteiger partial charge in [0.05, 0.1) is 4.92 Å². The summed E-state index contributed by atoms with van der Waals surface area (Å²) in [6.45, 7) is 0.0109. The summed E-state index contributed by atoms with van der Waals surface area (Å²) >= 11 is 0. The molecule has 0 aliphatic carbocycles. The number of aliphatic hydroxyl groups excluding tert-OH is 1. The fraction of sp³-hybridized carbons (Fsp3) is 0.400. The van der Waals surface area contributed by atoms with Crippen LogP contribution < -0.4 is 5.73 Å². The van der Waals surface area contributed by atoms with Crippen molar-refractivity contribution in [3.8, 4) is 0 Å². The van der Waals surface area contributed by atoms with Gasteiger partial charge in [-0.3, -0.25) is 10.1 Å². The molecule has 0 heterocycles. The molecule has 0 aromatic heterocycles. The van der Waals surface area contributed by atoms with Gasteiger partial charge in [0.15, 0.2) is 0 Å². The average Bonchev–Trinajstić information content (AvgIpc) is 2.26. The Morgan fingerprint density at radius 1 is 1.53 bits per heavy atom. The fourth-order valence-corrected chi connectivity index (χ4v) is 1.38. The van der Waals surface area contributed by atoms with Crippen LogP contribution in [0, 0.1) is 15.9 Å². The second kappa shape index (κ2) is 7.16. The Bertz CT molecular complexity index is 390. The van der Waals surface area contributed by atoms with Gasteiger partial charge in [-0.2, -0.15) is 4.39 Å². The summed E-state index contributed by atoms with van der Waals surface area (Å²) in [4.78, 5) is 9.72. The summed E-state index contributed by atoms with van der Waals surface area (Å²) in [5, 5.41) is 19.1. The third-order valence-electron chi connectivity index (χ3n) is 2.27. The summed E-state index contributed by atoms with van der Waals surface area (Å²) in [7, 11) is 0. The summed E-state index contributed by atoms with van der Waals surface area (Å²) in [5.74, 6) is -0.872. The molecule has 17 heavy (non-hydrogen) atoms. The largest absolute Gasteiger partial charge is 0.396 e. The van der Waals surface area contributed by atoms with E-state index in [-0.39, 0.29) is 19.0 Å². The monoisotopic (exact) mass is 264 g/mol. The number of aliphatic hydroxyl groups is 1. The van der Waals surface area contributed by atoms with E-state index >= 15 is 0 Å². The van der Waals surface area contributed by atoms with E-state index in [0.29, 0.717) is 18.4 Å². The maximum atomic E-state index is 13.0. The average molecular weight is 265 g/mol. The number of hydrogen-bond acceptors (Lipinski definition) is 4. The molecule has 0 fully saturated rings. The minimum atomic E-state index is -0.872. The predicted molar refractivity (Wildman–Crippen MR) is 63.6 cm³/mol. The molecule has 0 saturated carbocycles. The van der Waals surface area contributed by atoms with Gasteiger partial charge in [-0.15, -0.1) is 12.4 Å². The number of halogens is 2. The van der Waals surface area contributed by atoms with Crippen molar-refractivity contribution in [3.05, 3.63) is 39.7 Å². The zero-order valence-corrected chi connectivity index (χ0v) is 9.82. The second-order valence-corrected chi connectivity index (χ2v) is 3.44. The number of nitrogens with zero attached hydrogens (tertiary/aromatic N) is 1. The van der Waals surface area contributed by atoms with E-state index in [0.717, 1.165) is 12.1 Å². The molecule has 96 valence electrons. The van der Waals surface area contributed by atoms with Crippen LogP contribution >= 0.6 is 12.4 Å². The van der Waals surface area contributed by atoms with Crippen molar-refractivity contribution in [1.29, 1.82) is 0 Å². The van der Waals surface area contributed by atoms with Crippen LogP contribution in [-0.2, 0) is 0 Å². The molecule has 5 nitrogen and oxygen atoms in total. The van der Waals surface area contributed by atoms with Crippen molar-refractivity contribution in [3.63, 3.8) is 0 Å². The van der Waals surface area contributed by atoms with Crippen LogP contribution in [-0.4, -0.2) is 16.6 Å². The van der Waals surface area contributed by atoms with Crippen LogP contribution in [0.4, 0.5) is 10.1 Å². The van der Waals surface area contributed by atoms with E-state index in [1.807, 2.05) is 0 Å². The lowest BCUT2D eigenvalue weighted by Crippen LogP contribution is -2.11. The van der Waals surface area contributed by atoms with Gasteiger partial charge in [0.1, 0.15) is 0 Å². The quantitative estimate of drug-likeness (QED) is 0.628. The molecule has 0 spiro atoms. The molecule has 1 rings (SSSR count). The van der Waals surface area contributed by atoms with Gasteiger partial charge in [-0.05, 0) is 24.5 Å². The zero-order chi connectivity index (χ0) is 12.1. The topological polar surface area (TPSA) is 89.4 Å². The van der Waals surface area contributed by atoms with Crippen LogP contribution in [0.2, 0.25) is 0 Å². The molecular formula is C10H14ClFN2O3. The second-order valence-electron chi connectivity index (χ2n) is 3.44. The Kier molecular flexibility index (Phi) is 6.64. The fourth-order valence-electron chi connectivity index (χ4n) is 1.38. The minimum absolute atomic E-state index is 0. The van der Waals surface area contributed by atoms with Gasteiger partial charge in [-0.25, -0.2) is 0 Å². The van der Waals surface area contributed by atoms with Crippen molar-refractivity contribution < 1.29 is 14.4 Å². The molecule has 1 atom stereocenters.